The van der Waals surface area contributed by atoms with Crippen molar-refractivity contribution in [1.82, 2.24) is 9.55 Å². The first-order chi connectivity index (χ1) is 13.0. The summed E-state index contributed by atoms with van der Waals surface area (Å²) in [4.78, 5) is 56.0. The molecule has 0 saturated carbocycles. The Hall–Kier alpha value is -1.86. The smallest absolute Gasteiger partial charge is 0.365 e. The molecular weight excluding hydrogens is 403 g/mol. The average molecular weight is 424 g/mol. The molecule has 28 heavy (non-hydrogen) atoms. The molecule has 1 aromatic rings. The minimum atomic E-state index is -5.04. The largest absolute Gasteiger partial charge is 0.464 e. The van der Waals surface area contributed by atoms with Gasteiger partial charge in [-0.3, -0.25) is 13.9 Å². The lowest BCUT2D eigenvalue weighted by molar-refractivity contribution is -0.154. The van der Waals surface area contributed by atoms with Gasteiger partial charge in [0.25, 0.3) is 11.4 Å². The molecule has 0 unspecified atom stereocenters. The van der Waals surface area contributed by atoms with Crippen molar-refractivity contribution in [3.05, 3.63) is 32.6 Å². The molecular formula is C14H21N2O11P. The zero-order chi connectivity index (χ0) is 21.2. The van der Waals surface area contributed by atoms with Crippen LogP contribution in [0, 0.1) is 0 Å². The predicted octanol–water partition coefficient (Wildman–Crippen LogP) is -2.68. The maximum absolute atomic E-state index is 12.2. The van der Waals surface area contributed by atoms with E-state index in [0.29, 0.717) is 0 Å². The van der Waals surface area contributed by atoms with Crippen molar-refractivity contribution in [2.24, 2.45) is 7.05 Å². The summed E-state index contributed by atoms with van der Waals surface area (Å²) in [7, 11) is -3.83. The van der Waals surface area contributed by atoms with Crippen molar-refractivity contribution in [3.8, 4) is 0 Å². The number of carbonyl (C=O) groups excluding carboxylic acids is 1. The highest BCUT2D eigenvalue weighted by molar-refractivity contribution is 7.53. The third-order valence-electron chi connectivity index (χ3n) is 4.09. The number of esters is 1. The molecule has 1 aromatic heterocycles. The molecule has 5 atom stereocenters. The minimum absolute atomic E-state index is 0.141. The standard InChI is InChI=1S/C14H21N2O11P/c1-3-25-12(20)13(28(22,23)24)26-5-7-8(17)9(18)10(27-7)6-4-15-14(21)16(2)11(6)19/h4,7-10,13,17-18H,3,5H2,1-2H3,(H,15,21)(H2,22,23,24)/t7-,8-,9-,10-,13+/m1/s1. The predicted molar refractivity (Wildman–Crippen MR) is 90.3 cm³/mol. The van der Waals surface area contributed by atoms with Crippen LogP contribution in [0.3, 0.4) is 0 Å². The second-order valence-corrected chi connectivity index (χ2v) is 7.66. The minimum Gasteiger partial charge on any atom is -0.464 e. The van der Waals surface area contributed by atoms with Gasteiger partial charge in [-0.2, -0.15) is 0 Å². The van der Waals surface area contributed by atoms with Crippen molar-refractivity contribution in [1.29, 1.82) is 0 Å². The number of rotatable bonds is 7. The summed E-state index contributed by atoms with van der Waals surface area (Å²) >= 11 is 0. The van der Waals surface area contributed by atoms with Crippen molar-refractivity contribution in [2.45, 2.75) is 37.2 Å². The molecule has 0 aliphatic carbocycles. The fourth-order valence-corrected chi connectivity index (χ4v) is 3.26. The topological polar surface area (TPSA) is 198 Å². The number of hydrogen-bond donors (Lipinski definition) is 5. The molecule has 2 rings (SSSR count). The molecule has 0 spiro atoms. The molecule has 0 aromatic carbocycles. The van der Waals surface area contributed by atoms with Gasteiger partial charge in [0, 0.05) is 13.2 Å². The van der Waals surface area contributed by atoms with Gasteiger partial charge in [-0.1, -0.05) is 0 Å². The molecule has 5 N–H and O–H groups in total. The summed E-state index contributed by atoms with van der Waals surface area (Å²) in [6.45, 7) is 0.606. The third kappa shape index (κ3) is 4.58. The molecule has 13 nitrogen and oxygen atoms in total. The van der Waals surface area contributed by atoms with E-state index >= 15 is 0 Å². The number of nitrogens with one attached hydrogen (secondary N) is 1. The summed E-state index contributed by atoms with van der Waals surface area (Å²) in [6, 6.07) is 0. The van der Waals surface area contributed by atoms with Crippen LogP contribution in [0.25, 0.3) is 0 Å². The summed E-state index contributed by atoms with van der Waals surface area (Å²) in [5.41, 5.74) is -1.60. The highest BCUT2D eigenvalue weighted by Crippen LogP contribution is 2.43. The van der Waals surface area contributed by atoms with Crippen molar-refractivity contribution in [3.63, 3.8) is 0 Å². The second-order valence-electron chi connectivity index (χ2n) is 6.02. The van der Waals surface area contributed by atoms with Crippen LogP contribution in [0.5, 0.6) is 0 Å². The van der Waals surface area contributed by atoms with Gasteiger partial charge in [0.05, 0.1) is 18.8 Å². The van der Waals surface area contributed by atoms with Gasteiger partial charge < -0.3 is 39.2 Å². The van der Waals surface area contributed by atoms with Gasteiger partial charge >= 0.3 is 19.3 Å². The highest BCUT2D eigenvalue weighted by atomic mass is 31.2. The van der Waals surface area contributed by atoms with Crippen LogP contribution >= 0.6 is 7.60 Å². The quantitative estimate of drug-likeness (QED) is 0.226. The van der Waals surface area contributed by atoms with Crippen LogP contribution in [-0.4, -0.2) is 72.9 Å². The SMILES string of the molecule is CCOC(=O)[C@@H](OC[C@H]1O[C@H](c2c[nH]c(=O)n(C)c2=O)[C@H](O)[C@@H]1O)P(=O)(O)O. The van der Waals surface area contributed by atoms with E-state index in [0.717, 1.165) is 10.8 Å². The molecule has 158 valence electrons. The van der Waals surface area contributed by atoms with Crippen LogP contribution < -0.4 is 11.2 Å². The van der Waals surface area contributed by atoms with Gasteiger partial charge in [-0.25, -0.2) is 9.59 Å². The Kier molecular flexibility index (Phi) is 6.93. The molecule has 0 radical (unpaired) electrons. The first-order valence-electron chi connectivity index (χ1n) is 8.12. The summed E-state index contributed by atoms with van der Waals surface area (Å²) in [5.74, 6) is -3.53. The fourth-order valence-electron chi connectivity index (χ4n) is 2.63. The average Bonchev–Trinajstić information content (AvgIpc) is 2.88. The molecule has 2 heterocycles. The van der Waals surface area contributed by atoms with Gasteiger partial charge in [0.2, 0.25) is 0 Å². The van der Waals surface area contributed by atoms with E-state index in [4.69, 9.17) is 9.47 Å². The van der Waals surface area contributed by atoms with E-state index in [2.05, 4.69) is 9.72 Å². The molecule has 1 fully saturated rings. The fraction of sp³-hybridized carbons (Fsp3) is 0.643. The van der Waals surface area contributed by atoms with Gasteiger partial charge in [0.1, 0.15) is 24.4 Å². The van der Waals surface area contributed by atoms with E-state index in [1.807, 2.05) is 0 Å². The molecule has 0 amide bonds. The number of nitrogens with zero attached hydrogens (tertiary/aromatic N) is 1. The van der Waals surface area contributed by atoms with Gasteiger partial charge in [0.15, 0.2) is 0 Å². The number of aliphatic hydroxyl groups is 2. The zero-order valence-electron chi connectivity index (χ0n) is 14.9. The van der Waals surface area contributed by atoms with E-state index in [1.54, 1.807) is 0 Å². The second kappa shape index (κ2) is 8.66. The number of aromatic amines is 1. The van der Waals surface area contributed by atoms with Crippen LogP contribution in [0.4, 0.5) is 0 Å². The molecule has 1 aliphatic heterocycles. The molecule has 1 aliphatic rings. The number of aromatic nitrogens is 2. The first-order valence-corrected chi connectivity index (χ1v) is 9.80. The lowest BCUT2D eigenvalue weighted by Crippen LogP contribution is -2.38. The maximum Gasteiger partial charge on any atom is 0.365 e. The number of carbonyl (C=O) groups is 1. The van der Waals surface area contributed by atoms with E-state index in [9.17, 15) is 38.9 Å². The number of hydrogen-bond acceptors (Lipinski definition) is 9. The Morgan fingerprint density at radius 3 is 2.57 bits per heavy atom. The first kappa shape index (κ1) is 22.4. The van der Waals surface area contributed by atoms with Crippen LogP contribution in [0.2, 0.25) is 0 Å². The van der Waals surface area contributed by atoms with Gasteiger partial charge in [-0.05, 0) is 6.92 Å². The Bertz CT molecular complexity index is 875. The van der Waals surface area contributed by atoms with Crippen molar-refractivity contribution >= 4 is 13.6 Å². The number of aliphatic hydroxyl groups excluding tert-OH is 2. The zero-order valence-corrected chi connectivity index (χ0v) is 15.8. The Morgan fingerprint density at radius 2 is 2.00 bits per heavy atom. The molecule has 0 bridgehead atoms. The summed E-state index contributed by atoms with van der Waals surface area (Å²) in [5, 5.41) is 20.3. The Labute approximate surface area is 157 Å². The molecule has 1 saturated heterocycles. The Morgan fingerprint density at radius 1 is 1.36 bits per heavy atom. The van der Waals surface area contributed by atoms with Crippen molar-refractivity contribution in [2.75, 3.05) is 13.2 Å². The van der Waals surface area contributed by atoms with Crippen LogP contribution in [0.1, 0.15) is 18.6 Å². The van der Waals surface area contributed by atoms with E-state index in [1.165, 1.54) is 14.0 Å². The lowest BCUT2D eigenvalue weighted by Gasteiger charge is -2.20. The normalized spacial score (nSPS) is 26.2. The lowest BCUT2D eigenvalue weighted by atomic mass is 10.0. The summed E-state index contributed by atoms with van der Waals surface area (Å²) < 4.78 is 27.0. The number of ether oxygens (including phenoxy) is 3. The van der Waals surface area contributed by atoms with Crippen molar-refractivity contribution < 1.29 is 43.6 Å². The van der Waals surface area contributed by atoms with E-state index < -0.39 is 61.7 Å². The maximum atomic E-state index is 12.2. The van der Waals surface area contributed by atoms with Gasteiger partial charge in [-0.15, -0.1) is 0 Å². The monoisotopic (exact) mass is 424 g/mol. The Balaban J connectivity index is 2.17. The number of H-pyrrole nitrogens is 1. The summed E-state index contributed by atoms with van der Waals surface area (Å²) in [6.07, 6.45) is -4.81. The third-order valence-corrected chi connectivity index (χ3v) is 5.06. The van der Waals surface area contributed by atoms with E-state index in [-0.39, 0.29) is 12.2 Å². The van der Waals surface area contributed by atoms with Crippen LogP contribution in [0.15, 0.2) is 15.8 Å². The molecule has 14 heteroatoms. The van der Waals surface area contributed by atoms with Crippen LogP contribution in [-0.2, 0) is 30.6 Å². The highest BCUT2D eigenvalue weighted by Gasteiger charge is 2.46.